The summed E-state index contributed by atoms with van der Waals surface area (Å²) < 4.78 is 5.16. The first-order chi connectivity index (χ1) is 7.69. The summed E-state index contributed by atoms with van der Waals surface area (Å²) in [6, 6.07) is 7.35. The molecule has 1 atom stereocenters. The van der Waals surface area contributed by atoms with Crippen LogP contribution >= 0.6 is 11.8 Å². The molecule has 0 saturated heterocycles. The molecule has 0 aromatic heterocycles. The van der Waals surface area contributed by atoms with Crippen molar-refractivity contribution in [3.8, 4) is 5.75 Å². The van der Waals surface area contributed by atoms with Crippen LogP contribution in [0.1, 0.15) is 6.42 Å². The number of rotatable bonds is 6. The van der Waals surface area contributed by atoms with Gasteiger partial charge in [0.05, 0.1) is 12.0 Å². The number of para-hydroxylation sites is 1. The van der Waals surface area contributed by atoms with Crippen molar-refractivity contribution in [1.29, 1.82) is 0 Å². The van der Waals surface area contributed by atoms with Gasteiger partial charge in [0.1, 0.15) is 11.0 Å². The number of hydrogen-bond donors (Lipinski definition) is 2. The Balaban J connectivity index is 2.80. The molecular weight excluding hydrogens is 226 g/mol. The molecule has 0 aliphatic rings. The van der Waals surface area contributed by atoms with Gasteiger partial charge in [-0.1, -0.05) is 12.1 Å². The first kappa shape index (κ1) is 12.9. The van der Waals surface area contributed by atoms with E-state index in [4.69, 9.17) is 15.6 Å². The molecule has 4 nitrogen and oxygen atoms in total. The predicted molar refractivity (Wildman–Crippen MR) is 63.9 cm³/mol. The highest BCUT2D eigenvalue weighted by Gasteiger charge is 2.19. The number of carboxylic acids is 1. The molecule has 0 fully saturated rings. The Kier molecular flexibility index (Phi) is 5.14. The van der Waals surface area contributed by atoms with E-state index in [0.717, 1.165) is 4.90 Å². The van der Waals surface area contributed by atoms with E-state index in [0.29, 0.717) is 18.7 Å². The van der Waals surface area contributed by atoms with E-state index in [2.05, 4.69) is 0 Å². The second-order valence-corrected chi connectivity index (χ2v) is 4.42. The van der Waals surface area contributed by atoms with Gasteiger partial charge in [0.25, 0.3) is 0 Å². The van der Waals surface area contributed by atoms with Gasteiger partial charge in [0, 0.05) is 0 Å². The largest absolute Gasteiger partial charge is 0.496 e. The molecule has 88 valence electrons. The minimum atomic E-state index is -0.846. The van der Waals surface area contributed by atoms with Crippen LogP contribution in [0, 0.1) is 0 Å². The summed E-state index contributed by atoms with van der Waals surface area (Å²) in [6.45, 7) is 0.360. The van der Waals surface area contributed by atoms with E-state index in [1.807, 2.05) is 24.3 Å². The summed E-state index contributed by atoms with van der Waals surface area (Å²) >= 11 is 1.27. The van der Waals surface area contributed by atoms with Gasteiger partial charge in [-0.15, -0.1) is 11.8 Å². The fourth-order valence-corrected chi connectivity index (χ4v) is 2.34. The van der Waals surface area contributed by atoms with Gasteiger partial charge >= 0.3 is 5.97 Å². The molecule has 1 aromatic rings. The Morgan fingerprint density at radius 1 is 1.56 bits per heavy atom. The lowest BCUT2D eigenvalue weighted by atomic mass is 10.3. The van der Waals surface area contributed by atoms with E-state index >= 15 is 0 Å². The molecule has 1 unspecified atom stereocenters. The summed E-state index contributed by atoms with van der Waals surface area (Å²) in [5, 5.41) is 8.49. The Hall–Kier alpha value is -1.20. The predicted octanol–water partition coefficient (Wildman–Crippen LogP) is 1.59. The Morgan fingerprint density at radius 2 is 2.25 bits per heavy atom. The highest BCUT2D eigenvalue weighted by Crippen LogP contribution is 2.33. The molecule has 0 radical (unpaired) electrons. The maximum Gasteiger partial charge on any atom is 0.317 e. The van der Waals surface area contributed by atoms with Gasteiger partial charge in [0.2, 0.25) is 0 Å². The van der Waals surface area contributed by atoms with Gasteiger partial charge in [-0.2, -0.15) is 0 Å². The van der Waals surface area contributed by atoms with Crippen molar-refractivity contribution in [3.05, 3.63) is 24.3 Å². The zero-order valence-corrected chi connectivity index (χ0v) is 9.87. The van der Waals surface area contributed by atoms with Crippen LogP contribution in [0.3, 0.4) is 0 Å². The number of methoxy groups -OCH3 is 1. The van der Waals surface area contributed by atoms with Crippen molar-refractivity contribution in [2.75, 3.05) is 13.7 Å². The van der Waals surface area contributed by atoms with Crippen molar-refractivity contribution in [3.63, 3.8) is 0 Å². The first-order valence-corrected chi connectivity index (χ1v) is 5.79. The second-order valence-electron chi connectivity index (χ2n) is 3.17. The topological polar surface area (TPSA) is 72.5 Å². The fraction of sp³-hybridized carbons (Fsp3) is 0.364. The van der Waals surface area contributed by atoms with Crippen molar-refractivity contribution in [1.82, 2.24) is 0 Å². The van der Waals surface area contributed by atoms with Gasteiger partial charge in [0.15, 0.2) is 0 Å². The first-order valence-electron chi connectivity index (χ1n) is 4.91. The zero-order valence-electron chi connectivity index (χ0n) is 9.05. The Morgan fingerprint density at radius 3 is 2.81 bits per heavy atom. The molecule has 16 heavy (non-hydrogen) atoms. The summed E-state index contributed by atoms with van der Waals surface area (Å²) in [5.41, 5.74) is 5.38. The number of benzene rings is 1. The summed E-state index contributed by atoms with van der Waals surface area (Å²) in [7, 11) is 1.57. The molecule has 0 aliphatic heterocycles. The normalized spacial score (nSPS) is 12.1. The molecule has 1 aromatic carbocycles. The van der Waals surface area contributed by atoms with Crippen LogP contribution in [0.4, 0.5) is 0 Å². The number of nitrogens with two attached hydrogens (primary N) is 1. The number of carbonyl (C=O) groups is 1. The van der Waals surface area contributed by atoms with Crippen LogP contribution in [0.2, 0.25) is 0 Å². The quantitative estimate of drug-likeness (QED) is 0.740. The number of thioether (sulfide) groups is 1. The third-order valence-electron chi connectivity index (χ3n) is 2.04. The molecular formula is C11H15NO3S. The SMILES string of the molecule is COc1ccccc1SC(CCN)C(=O)O. The third kappa shape index (κ3) is 3.43. The fourth-order valence-electron chi connectivity index (χ4n) is 1.25. The minimum absolute atomic E-state index is 0.360. The Bertz CT molecular complexity index is 357. The van der Waals surface area contributed by atoms with Crippen LogP contribution < -0.4 is 10.5 Å². The molecule has 3 N–H and O–H groups in total. The van der Waals surface area contributed by atoms with Crippen molar-refractivity contribution < 1.29 is 14.6 Å². The smallest absolute Gasteiger partial charge is 0.317 e. The van der Waals surface area contributed by atoms with Gasteiger partial charge in [-0.3, -0.25) is 4.79 Å². The van der Waals surface area contributed by atoms with E-state index in [9.17, 15) is 4.79 Å². The summed E-state index contributed by atoms with van der Waals surface area (Å²) in [6.07, 6.45) is 0.443. The van der Waals surface area contributed by atoms with Crippen molar-refractivity contribution >= 4 is 17.7 Å². The van der Waals surface area contributed by atoms with Gasteiger partial charge in [-0.05, 0) is 25.1 Å². The Labute approximate surface area is 98.8 Å². The molecule has 0 heterocycles. The number of carboxylic acid groups (broad SMARTS) is 1. The average molecular weight is 241 g/mol. The average Bonchev–Trinajstić information content (AvgIpc) is 2.29. The van der Waals surface area contributed by atoms with Crippen LogP contribution in [-0.4, -0.2) is 30.0 Å². The van der Waals surface area contributed by atoms with Crippen LogP contribution in [0.5, 0.6) is 5.75 Å². The molecule has 0 saturated carbocycles. The molecule has 0 amide bonds. The minimum Gasteiger partial charge on any atom is -0.496 e. The van der Waals surface area contributed by atoms with E-state index in [1.165, 1.54) is 11.8 Å². The highest BCUT2D eigenvalue weighted by atomic mass is 32.2. The lowest BCUT2D eigenvalue weighted by Gasteiger charge is -2.13. The van der Waals surface area contributed by atoms with Crippen LogP contribution in [0.25, 0.3) is 0 Å². The molecule has 1 rings (SSSR count). The maximum absolute atomic E-state index is 11.0. The lowest BCUT2D eigenvalue weighted by Crippen LogP contribution is -2.20. The molecule has 0 aliphatic carbocycles. The number of hydrogen-bond acceptors (Lipinski definition) is 4. The van der Waals surface area contributed by atoms with Gasteiger partial charge < -0.3 is 15.6 Å². The standard InChI is InChI=1S/C11H15NO3S/c1-15-8-4-2-3-5-9(8)16-10(6-7-12)11(13)14/h2-5,10H,6-7,12H2,1H3,(H,13,14). The zero-order chi connectivity index (χ0) is 12.0. The van der Waals surface area contributed by atoms with Gasteiger partial charge in [-0.25, -0.2) is 0 Å². The van der Waals surface area contributed by atoms with E-state index in [1.54, 1.807) is 7.11 Å². The number of aliphatic carboxylic acids is 1. The maximum atomic E-state index is 11.0. The lowest BCUT2D eigenvalue weighted by molar-refractivity contribution is -0.136. The van der Waals surface area contributed by atoms with E-state index < -0.39 is 11.2 Å². The third-order valence-corrected chi connectivity index (χ3v) is 3.36. The van der Waals surface area contributed by atoms with Crippen LogP contribution in [-0.2, 0) is 4.79 Å². The second kappa shape index (κ2) is 6.40. The highest BCUT2D eigenvalue weighted by molar-refractivity contribution is 8.00. The molecule has 0 bridgehead atoms. The van der Waals surface area contributed by atoms with Crippen molar-refractivity contribution in [2.45, 2.75) is 16.6 Å². The van der Waals surface area contributed by atoms with Crippen LogP contribution in [0.15, 0.2) is 29.2 Å². The van der Waals surface area contributed by atoms with E-state index in [-0.39, 0.29) is 0 Å². The molecule has 0 spiro atoms. The summed E-state index contributed by atoms with van der Waals surface area (Å²) in [4.78, 5) is 11.8. The molecule has 5 heteroatoms. The number of ether oxygens (including phenoxy) is 1. The summed E-state index contributed by atoms with van der Waals surface area (Å²) in [5.74, 6) is -0.155. The van der Waals surface area contributed by atoms with Crippen molar-refractivity contribution in [2.24, 2.45) is 5.73 Å². The monoisotopic (exact) mass is 241 g/mol.